The van der Waals surface area contributed by atoms with Gasteiger partial charge in [-0.25, -0.2) is 0 Å². The first kappa shape index (κ1) is 12.1. The van der Waals surface area contributed by atoms with Gasteiger partial charge in [0.1, 0.15) is 0 Å². The fraction of sp³-hybridized carbons (Fsp3) is 0.143. The topological polar surface area (TPSA) is 76.8 Å². The molecule has 4 heteroatoms. The van der Waals surface area contributed by atoms with E-state index < -0.39 is 0 Å². The van der Waals surface area contributed by atoms with Crippen LogP contribution in [0.15, 0.2) is 52.7 Å². The van der Waals surface area contributed by atoms with Gasteiger partial charge in [0, 0.05) is 11.4 Å². The molecule has 0 heterocycles. The molecule has 0 saturated heterocycles. The maximum absolute atomic E-state index is 5.74. The zero-order valence-electron chi connectivity index (χ0n) is 10.3. The molecule has 4 N–H and O–H groups in total. The molecular formula is C14H16N4. The number of nitrogen functional groups attached to an aromatic ring is 2. The van der Waals surface area contributed by atoms with Gasteiger partial charge in [0.2, 0.25) is 0 Å². The summed E-state index contributed by atoms with van der Waals surface area (Å²) in [6.07, 6.45) is 0.871. The van der Waals surface area contributed by atoms with Crippen LogP contribution in [-0.4, -0.2) is 0 Å². The van der Waals surface area contributed by atoms with E-state index in [-0.39, 0.29) is 0 Å². The van der Waals surface area contributed by atoms with E-state index in [2.05, 4.69) is 17.2 Å². The van der Waals surface area contributed by atoms with Gasteiger partial charge in [-0.05, 0) is 48.4 Å². The molecule has 0 radical (unpaired) electrons. The Morgan fingerprint density at radius 3 is 2.44 bits per heavy atom. The summed E-state index contributed by atoms with van der Waals surface area (Å²) in [5, 5.41) is 8.42. The first-order chi connectivity index (χ1) is 8.69. The van der Waals surface area contributed by atoms with Crippen LogP contribution in [0.2, 0.25) is 0 Å². The predicted molar refractivity (Wildman–Crippen MR) is 75.3 cm³/mol. The quantitative estimate of drug-likeness (QED) is 0.631. The molecule has 0 saturated carbocycles. The van der Waals surface area contributed by atoms with Gasteiger partial charge in [0.05, 0.1) is 11.4 Å². The molecule has 0 aliphatic carbocycles. The number of azo groups is 1. The van der Waals surface area contributed by atoms with E-state index in [0.717, 1.165) is 29.0 Å². The Balaban J connectivity index is 2.28. The maximum Gasteiger partial charge on any atom is 0.0890 e. The molecule has 0 amide bonds. The number of anilines is 2. The first-order valence-corrected chi connectivity index (χ1v) is 5.84. The van der Waals surface area contributed by atoms with Gasteiger partial charge in [-0.1, -0.05) is 13.0 Å². The Labute approximate surface area is 106 Å². The minimum Gasteiger partial charge on any atom is -0.399 e. The van der Waals surface area contributed by atoms with Crippen LogP contribution in [0.1, 0.15) is 12.5 Å². The molecule has 4 nitrogen and oxygen atoms in total. The van der Waals surface area contributed by atoms with Gasteiger partial charge in [-0.15, -0.1) is 0 Å². The molecule has 0 aromatic heterocycles. The SMILES string of the molecule is CCc1cc(N)ccc1N=Nc1cccc(N)c1. The highest BCUT2D eigenvalue weighted by atomic mass is 15.1. The smallest absolute Gasteiger partial charge is 0.0890 e. The van der Waals surface area contributed by atoms with E-state index >= 15 is 0 Å². The molecule has 0 aliphatic rings. The molecule has 2 aromatic carbocycles. The van der Waals surface area contributed by atoms with E-state index in [4.69, 9.17) is 11.5 Å². The summed E-state index contributed by atoms with van der Waals surface area (Å²) in [6.45, 7) is 2.06. The third kappa shape index (κ3) is 2.85. The van der Waals surface area contributed by atoms with Crippen LogP contribution < -0.4 is 11.5 Å². The normalized spacial score (nSPS) is 10.9. The zero-order valence-corrected chi connectivity index (χ0v) is 10.3. The lowest BCUT2D eigenvalue weighted by atomic mass is 10.1. The van der Waals surface area contributed by atoms with Crippen molar-refractivity contribution in [1.29, 1.82) is 0 Å². The summed E-state index contributed by atoms with van der Waals surface area (Å²) in [5.41, 5.74) is 15.5. The number of nitrogens with zero attached hydrogens (tertiary/aromatic N) is 2. The summed E-state index contributed by atoms with van der Waals surface area (Å²) in [4.78, 5) is 0. The fourth-order valence-corrected chi connectivity index (χ4v) is 1.68. The summed E-state index contributed by atoms with van der Waals surface area (Å²) < 4.78 is 0. The molecule has 2 rings (SSSR count). The second-order valence-electron chi connectivity index (χ2n) is 4.04. The average Bonchev–Trinajstić information content (AvgIpc) is 2.37. The van der Waals surface area contributed by atoms with Crippen molar-refractivity contribution in [2.24, 2.45) is 10.2 Å². The highest BCUT2D eigenvalue weighted by molar-refractivity contribution is 5.55. The van der Waals surface area contributed by atoms with Gasteiger partial charge >= 0.3 is 0 Å². The van der Waals surface area contributed by atoms with Crippen LogP contribution in [-0.2, 0) is 6.42 Å². The Morgan fingerprint density at radius 1 is 0.944 bits per heavy atom. The van der Waals surface area contributed by atoms with Crippen LogP contribution >= 0.6 is 0 Å². The van der Waals surface area contributed by atoms with Gasteiger partial charge in [0.15, 0.2) is 0 Å². The predicted octanol–water partition coefficient (Wildman–Crippen LogP) is 3.83. The minimum absolute atomic E-state index is 0.680. The lowest BCUT2D eigenvalue weighted by Crippen LogP contribution is -1.87. The first-order valence-electron chi connectivity index (χ1n) is 5.84. The maximum atomic E-state index is 5.74. The summed E-state index contributed by atoms with van der Waals surface area (Å²) >= 11 is 0. The van der Waals surface area contributed by atoms with Crippen LogP contribution in [0.4, 0.5) is 22.7 Å². The van der Waals surface area contributed by atoms with E-state index in [0.29, 0.717) is 5.69 Å². The number of hydrogen-bond donors (Lipinski definition) is 2. The molecule has 0 fully saturated rings. The summed E-state index contributed by atoms with van der Waals surface area (Å²) in [5.74, 6) is 0. The highest BCUT2D eigenvalue weighted by Gasteiger charge is 2.00. The van der Waals surface area contributed by atoms with Crippen molar-refractivity contribution in [1.82, 2.24) is 0 Å². The van der Waals surface area contributed by atoms with Crippen molar-refractivity contribution < 1.29 is 0 Å². The van der Waals surface area contributed by atoms with Crippen molar-refractivity contribution in [3.05, 3.63) is 48.0 Å². The van der Waals surface area contributed by atoms with E-state index in [9.17, 15) is 0 Å². The molecule has 2 aromatic rings. The van der Waals surface area contributed by atoms with Crippen LogP contribution in [0.25, 0.3) is 0 Å². The number of benzene rings is 2. The molecular weight excluding hydrogens is 224 g/mol. The molecule has 0 unspecified atom stereocenters. The van der Waals surface area contributed by atoms with Gasteiger partial charge in [-0.3, -0.25) is 0 Å². The Morgan fingerprint density at radius 2 is 1.72 bits per heavy atom. The molecule has 0 bridgehead atoms. The third-order valence-corrected chi connectivity index (χ3v) is 2.63. The second kappa shape index (κ2) is 5.31. The second-order valence-corrected chi connectivity index (χ2v) is 4.04. The largest absolute Gasteiger partial charge is 0.399 e. The highest BCUT2D eigenvalue weighted by Crippen LogP contribution is 2.25. The monoisotopic (exact) mass is 240 g/mol. The molecule has 0 aliphatic heterocycles. The van der Waals surface area contributed by atoms with E-state index in [1.54, 1.807) is 6.07 Å². The lowest BCUT2D eigenvalue weighted by Gasteiger charge is -2.03. The van der Waals surface area contributed by atoms with Crippen molar-refractivity contribution in [3.8, 4) is 0 Å². The van der Waals surface area contributed by atoms with Crippen molar-refractivity contribution in [3.63, 3.8) is 0 Å². The molecule has 0 spiro atoms. The number of hydrogen-bond acceptors (Lipinski definition) is 4. The Kier molecular flexibility index (Phi) is 3.57. The lowest BCUT2D eigenvalue weighted by molar-refractivity contribution is 1.11. The standard InChI is InChI=1S/C14H16N4/c1-2-10-8-12(16)6-7-14(10)18-17-13-5-3-4-11(15)9-13/h3-9H,2,15-16H2,1H3. The van der Waals surface area contributed by atoms with E-state index in [1.165, 1.54) is 0 Å². The van der Waals surface area contributed by atoms with E-state index in [1.807, 2.05) is 36.4 Å². The Hall–Kier alpha value is -2.36. The van der Waals surface area contributed by atoms with Crippen LogP contribution in [0.3, 0.4) is 0 Å². The molecule has 18 heavy (non-hydrogen) atoms. The molecule has 92 valence electrons. The molecule has 0 atom stereocenters. The van der Waals surface area contributed by atoms with Crippen LogP contribution in [0, 0.1) is 0 Å². The zero-order chi connectivity index (χ0) is 13.0. The Bertz CT molecular complexity index is 576. The van der Waals surface area contributed by atoms with Crippen molar-refractivity contribution in [2.75, 3.05) is 11.5 Å². The summed E-state index contributed by atoms with van der Waals surface area (Å²) in [6, 6.07) is 13.0. The van der Waals surface area contributed by atoms with Crippen LogP contribution in [0.5, 0.6) is 0 Å². The van der Waals surface area contributed by atoms with Crippen molar-refractivity contribution >= 4 is 22.7 Å². The summed E-state index contributed by atoms with van der Waals surface area (Å²) in [7, 11) is 0. The van der Waals surface area contributed by atoms with Gasteiger partial charge in [-0.2, -0.15) is 10.2 Å². The van der Waals surface area contributed by atoms with Crippen molar-refractivity contribution in [2.45, 2.75) is 13.3 Å². The average molecular weight is 240 g/mol. The minimum atomic E-state index is 0.680. The van der Waals surface area contributed by atoms with Gasteiger partial charge < -0.3 is 11.5 Å². The number of nitrogens with two attached hydrogens (primary N) is 2. The van der Waals surface area contributed by atoms with Gasteiger partial charge in [0.25, 0.3) is 0 Å². The number of rotatable bonds is 3. The number of aryl methyl sites for hydroxylation is 1. The third-order valence-electron chi connectivity index (χ3n) is 2.63. The fourth-order valence-electron chi connectivity index (χ4n) is 1.68.